The van der Waals surface area contributed by atoms with Crippen LogP contribution in [-0.4, -0.2) is 21.8 Å². The van der Waals surface area contributed by atoms with Crippen LogP contribution in [0.15, 0.2) is 22.7 Å². The van der Waals surface area contributed by atoms with Crippen molar-refractivity contribution >= 4 is 21.9 Å². The Balaban J connectivity index is 2.35. The molecule has 15 heavy (non-hydrogen) atoms. The molecular formula is C11H11BrO3. The topological polar surface area (TPSA) is 57.5 Å². The summed E-state index contributed by atoms with van der Waals surface area (Å²) in [6, 6.07) is 5.72. The molecule has 1 aromatic carbocycles. The molecular weight excluding hydrogens is 260 g/mol. The van der Waals surface area contributed by atoms with E-state index in [9.17, 15) is 9.90 Å². The summed E-state index contributed by atoms with van der Waals surface area (Å²) in [6.45, 7) is 0. The van der Waals surface area contributed by atoms with Gasteiger partial charge in [-0.05, 0) is 36.1 Å². The van der Waals surface area contributed by atoms with Gasteiger partial charge in [0.25, 0.3) is 0 Å². The van der Waals surface area contributed by atoms with E-state index in [-0.39, 0.29) is 12.8 Å². The number of benzene rings is 1. The summed E-state index contributed by atoms with van der Waals surface area (Å²) in [5.74, 6) is -1.13. The first-order chi connectivity index (χ1) is 7.01. The van der Waals surface area contributed by atoms with Gasteiger partial charge in [-0.25, -0.2) is 4.79 Å². The second-order valence-corrected chi connectivity index (χ2v) is 4.84. The van der Waals surface area contributed by atoms with Crippen molar-refractivity contribution in [3.8, 4) is 0 Å². The van der Waals surface area contributed by atoms with E-state index in [1.165, 1.54) is 0 Å². The van der Waals surface area contributed by atoms with E-state index in [2.05, 4.69) is 15.9 Å². The molecule has 0 spiro atoms. The number of fused-ring (bicyclic) bond motifs is 1. The van der Waals surface area contributed by atoms with Crippen LogP contribution in [-0.2, 0) is 17.6 Å². The van der Waals surface area contributed by atoms with Gasteiger partial charge in [0.15, 0.2) is 5.60 Å². The van der Waals surface area contributed by atoms with E-state index < -0.39 is 11.6 Å². The Hall–Kier alpha value is -0.870. The Morgan fingerprint density at radius 3 is 2.80 bits per heavy atom. The molecule has 80 valence electrons. The summed E-state index contributed by atoms with van der Waals surface area (Å²) in [4.78, 5) is 10.9. The van der Waals surface area contributed by atoms with Gasteiger partial charge >= 0.3 is 5.97 Å². The van der Waals surface area contributed by atoms with E-state index in [4.69, 9.17) is 5.11 Å². The monoisotopic (exact) mass is 270 g/mol. The minimum absolute atomic E-state index is 0.199. The molecule has 1 atom stereocenters. The highest BCUT2D eigenvalue weighted by Gasteiger charge is 2.39. The summed E-state index contributed by atoms with van der Waals surface area (Å²) in [7, 11) is 0. The molecule has 0 aliphatic heterocycles. The maximum absolute atomic E-state index is 10.9. The molecule has 0 radical (unpaired) electrons. The molecule has 1 aromatic rings. The zero-order valence-corrected chi connectivity index (χ0v) is 9.62. The highest BCUT2D eigenvalue weighted by molar-refractivity contribution is 9.10. The van der Waals surface area contributed by atoms with Gasteiger partial charge in [0.1, 0.15) is 0 Å². The Kier molecular flexibility index (Phi) is 2.56. The quantitative estimate of drug-likeness (QED) is 0.818. The SMILES string of the molecule is O=C(O)[C@@]1(O)CCc2cc(Br)ccc2C1. The number of rotatable bonds is 1. The van der Waals surface area contributed by atoms with Crippen LogP contribution in [0.2, 0.25) is 0 Å². The summed E-state index contributed by atoms with van der Waals surface area (Å²) >= 11 is 3.37. The standard InChI is InChI=1S/C11H11BrO3/c12-9-2-1-8-6-11(15,10(13)14)4-3-7(8)5-9/h1-2,5,15H,3-4,6H2,(H,13,14)/t11-/m1/s1. The smallest absolute Gasteiger partial charge is 0.336 e. The third-order valence-corrected chi connectivity index (χ3v) is 3.35. The van der Waals surface area contributed by atoms with Crippen molar-refractivity contribution in [2.75, 3.05) is 0 Å². The maximum atomic E-state index is 10.9. The summed E-state index contributed by atoms with van der Waals surface area (Å²) in [5.41, 5.74) is 0.463. The number of carboxylic acids is 1. The van der Waals surface area contributed by atoms with Crippen LogP contribution in [0.5, 0.6) is 0 Å². The number of halogens is 1. The number of aliphatic hydroxyl groups is 1. The number of aryl methyl sites for hydroxylation is 1. The van der Waals surface area contributed by atoms with Gasteiger partial charge in [-0.15, -0.1) is 0 Å². The highest BCUT2D eigenvalue weighted by Crippen LogP contribution is 2.30. The van der Waals surface area contributed by atoms with Gasteiger partial charge in [-0.3, -0.25) is 0 Å². The molecule has 0 saturated carbocycles. The van der Waals surface area contributed by atoms with Gasteiger partial charge in [-0.2, -0.15) is 0 Å². The van der Waals surface area contributed by atoms with Crippen LogP contribution >= 0.6 is 15.9 Å². The van der Waals surface area contributed by atoms with Gasteiger partial charge in [0.05, 0.1) is 0 Å². The third kappa shape index (κ3) is 1.92. The Morgan fingerprint density at radius 2 is 2.13 bits per heavy atom. The lowest BCUT2D eigenvalue weighted by Gasteiger charge is -2.29. The van der Waals surface area contributed by atoms with E-state index in [0.717, 1.165) is 15.6 Å². The van der Waals surface area contributed by atoms with Gasteiger partial charge < -0.3 is 10.2 Å². The number of hydrogen-bond acceptors (Lipinski definition) is 2. The Labute approximate surface area is 95.9 Å². The normalized spacial score (nSPS) is 24.7. The first-order valence-electron chi connectivity index (χ1n) is 4.74. The van der Waals surface area contributed by atoms with Crippen LogP contribution in [0.3, 0.4) is 0 Å². The molecule has 1 aliphatic carbocycles. The molecule has 0 amide bonds. The first kappa shape index (κ1) is 10.6. The fraction of sp³-hybridized carbons (Fsp3) is 0.364. The fourth-order valence-corrected chi connectivity index (χ4v) is 2.34. The van der Waals surface area contributed by atoms with Crippen LogP contribution in [0.1, 0.15) is 17.5 Å². The maximum Gasteiger partial charge on any atom is 0.336 e. The van der Waals surface area contributed by atoms with E-state index in [0.29, 0.717) is 6.42 Å². The lowest BCUT2D eigenvalue weighted by Crippen LogP contribution is -2.43. The zero-order valence-electron chi connectivity index (χ0n) is 8.03. The van der Waals surface area contributed by atoms with Crippen LogP contribution in [0.4, 0.5) is 0 Å². The van der Waals surface area contributed by atoms with Crippen molar-refractivity contribution in [3.05, 3.63) is 33.8 Å². The minimum atomic E-state index is -1.58. The molecule has 4 heteroatoms. The average Bonchev–Trinajstić information content (AvgIpc) is 2.18. The predicted molar refractivity (Wildman–Crippen MR) is 58.8 cm³/mol. The van der Waals surface area contributed by atoms with Crippen LogP contribution in [0, 0.1) is 0 Å². The lowest BCUT2D eigenvalue weighted by atomic mass is 9.80. The van der Waals surface area contributed by atoms with E-state index >= 15 is 0 Å². The molecule has 0 bridgehead atoms. The van der Waals surface area contributed by atoms with Crippen molar-refractivity contribution < 1.29 is 15.0 Å². The molecule has 2 rings (SSSR count). The average molecular weight is 271 g/mol. The van der Waals surface area contributed by atoms with Gasteiger partial charge in [-0.1, -0.05) is 22.0 Å². The molecule has 0 saturated heterocycles. The molecule has 0 heterocycles. The van der Waals surface area contributed by atoms with E-state index in [1.54, 1.807) is 0 Å². The summed E-state index contributed by atoms with van der Waals surface area (Å²) in [6.07, 6.45) is 1.09. The van der Waals surface area contributed by atoms with Crippen LogP contribution < -0.4 is 0 Å². The van der Waals surface area contributed by atoms with Crippen molar-refractivity contribution in [1.29, 1.82) is 0 Å². The van der Waals surface area contributed by atoms with Crippen molar-refractivity contribution in [2.45, 2.75) is 24.9 Å². The van der Waals surface area contributed by atoms with Gasteiger partial charge in [0, 0.05) is 10.9 Å². The molecule has 0 aromatic heterocycles. The number of carboxylic acid groups (broad SMARTS) is 1. The first-order valence-corrected chi connectivity index (χ1v) is 5.54. The fourth-order valence-electron chi connectivity index (χ4n) is 1.93. The second kappa shape index (κ2) is 3.61. The molecule has 0 unspecified atom stereocenters. The van der Waals surface area contributed by atoms with Crippen molar-refractivity contribution in [3.63, 3.8) is 0 Å². The predicted octanol–water partition coefficient (Wildman–Crippen LogP) is 1.75. The number of aliphatic carboxylic acids is 1. The lowest BCUT2D eigenvalue weighted by molar-refractivity contribution is -0.159. The summed E-state index contributed by atoms with van der Waals surface area (Å²) in [5, 5.41) is 18.8. The van der Waals surface area contributed by atoms with E-state index in [1.807, 2.05) is 18.2 Å². The number of hydrogen-bond donors (Lipinski definition) is 2. The highest BCUT2D eigenvalue weighted by atomic mass is 79.9. The second-order valence-electron chi connectivity index (χ2n) is 3.93. The third-order valence-electron chi connectivity index (χ3n) is 2.86. The van der Waals surface area contributed by atoms with Gasteiger partial charge in [0.2, 0.25) is 0 Å². The van der Waals surface area contributed by atoms with Crippen molar-refractivity contribution in [1.82, 2.24) is 0 Å². The zero-order chi connectivity index (χ0) is 11.1. The molecule has 0 fully saturated rings. The molecule has 2 N–H and O–H groups in total. The van der Waals surface area contributed by atoms with Crippen LogP contribution in [0.25, 0.3) is 0 Å². The number of carbonyl (C=O) groups is 1. The Morgan fingerprint density at radius 1 is 1.40 bits per heavy atom. The largest absolute Gasteiger partial charge is 0.479 e. The molecule has 1 aliphatic rings. The Bertz CT molecular complexity index is 416. The molecule has 3 nitrogen and oxygen atoms in total. The minimum Gasteiger partial charge on any atom is -0.479 e. The summed E-state index contributed by atoms with van der Waals surface area (Å²) < 4.78 is 0.988. The van der Waals surface area contributed by atoms with Crippen molar-refractivity contribution in [2.24, 2.45) is 0 Å².